The molecule has 0 aromatic heterocycles. The van der Waals surface area contributed by atoms with Crippen LogP contribution in [0.25, 0.3) is 0 Å². The number of thiocarbonyl (C=S) groups is 1. The molecule has 0 aliphatic rings. The zero-order valence-corrected chi connectivity index (χ0v) is 17.6. The van der Waals surface area contributed by atoms with E-state index in [9.17, 15) is 19.7 Å². The van der Waals surface area contributed by atoms with E-state index < -0.39 is 16.7 Å². The number of nitrogens with one attached hydrogen (secondary N) is 3. The number of para-hydroxylation sites is 1. The average Bonchev–Trinajstić information content (AvgIpc) is 2.70. The Morgan fingerprint density at radius 1 is 1.14 bits per heavy atom. The maximum absolute atomic E-state index is 12.5. The van der Waals surface area contributed by atoms with E-state index in [0.29, 0.717) is 16.8 Å². The minimum atomic E-state index is -0.775. The lowest BCUT2D eigenvalue weighted by atomic mass is 10.2. The molecule has 9 nitrogen and oxygen atoms in total. The lowest BCUT2D eigenvalue weighted by Gasteiger charge is -2.13. The van der Waals surface area contributed by atoms with Gasteiger partial charge in [-0.15, -0.1) is 0 Å². The highest BCUT2D eigenvalue weighted by atomic mass is 79.9. The van der Waals surface area contributed by atoms with Gasteiger partial charge in [0, 0.05) is 10.5 Å². The molecule has 0 unspecified atom stereocenters. The molecule has 0 radical (unpaired) electrons. The van der Waals surface area contributed by atoms with Crippen molar-refractivity contribution in [3.63, 3.8) is 0 Å². The molecule has 0 spiro atoms. The number of amides is 2. The molecular weight excluding hydrogens is 464 g/mol. The van der Waals surface area contributed by atoms with Crippen LogP contribution in [0.3, 0.4) is 0 Å². The number of hydrazine groups is 1. The van der Waals surface area contributed by atoms with Gasteiger partial charge in [0.25, 0.3) is 17.5 Å². The predicted molar refractivity (Wildman–Crippen MR) is 114 cm³/mol. The van der Waals surface area contributed by atoms with Crippen LogP contribution in [0, 0.1) is 10.1 Å². The lowest BCUT2D eigenvalue weighted by Crippen LogP contribution is -2.48. The quantitative estimate of drug-likeness (QED) is 0.329. The summed E-state index contributed by atoms with van der Waals surface area (Å²) < 4.78 is 6.23. The maximum Gasteiger partial charge on any atom is 0.282 e. The number of nitro groups is 1. The summed E-state index contributed by atoms with van der Waals surface area (Å²) in [6.45, 7) is 2.38. The third-order valence-corrected chi connectivity index (χ3v) is 4.21. The van der Waals surface area contributed by atoms with Crippen molar-refractivity contribution in [2.24, 2.45) is 0 Å². The highest BCUT2D eigenvalue weighted by molar-refractivity contribution is 9.10. The molecule has 29 heavy (non-hydrogen) atoms. The number of rotatable bonds is 6. The fourth-order valence-corrected chi connectivity index (χ4v) is 2.73. The predicted octanol–water partition coefficient (Wildman–Crippen LogP) is 3.10. The molecule has 0 aliphatic heterocycles. The number of hydrogen-bond donors (Lipinski definition) is 3. The maximum atomic E-state index is 12.5. The van der Waals surface area contributed by atoms with E-state index in [4.69, 9.17) is 17.0 Å². The van der Waals surface area contributed by atoms with Gasteiger partial charge in [-0.3, -0.25) is 35.9 Å². The Kier molecular flexibility index (Phi) is 8.04. The molecule has 2 amide bonds. The highest BCUT2D eigenvalue weighted by Crippen LogP contribution is 2.23. The summed E-state index contributed by atoms with van der Waals surface area (Å²) in [5.74, 6) is -0.933. The van der Waals surface area contributed by atoms with Gasteiger partial charge in [0.05, 0.1) is 17.1 Å². The van der Waals surface area contributed by atoms with Crippen LogP contribution in [-0.4, -0.2) is 28.5 Å². The van der Waals surface area contributed by atoms with E-state index in [-0.39, 0.29) is 21.9 Å². The van der Waals surface area contributed by atoms with Crippen LogP contribution in [0.2, 0.25) is 0 Å². The van der Waals surface area contributed by atoms with Crippen molar-refractivity contribution in [1.82, 2.24) is 16.2 Å². The molecular formula is C18H17BrN4O5S. The summed E-state index contributed by atoms with van der Waals surface area (Å²) in [4.78, 5) is 35.0. The number of ether oxygens (including phenoxy) is 1. The molecule has 0 aliphatic carbocycles. The summed E-state index contributed by atoms with van der Waals surface area (Å²) in [5.41, 5.74) is 4.32. The molecule has 0 atom stereocenters. The van der Waals surface area contributed by atoms with Crippen molar-refractivity contribution in [3.05, 3.63) is 68.2 Å². The van der Waals surface area contributed by atoms with E-state index in [1.54, 1.807) is 18.2 Å². The minimum absolute atomic E-state index is 0.152. The number of nitro benzene ring substituents is 1. The van der Waals surface area contributed by atoms with Crippen molar-refractivity contribution in [3.8, 4) is 5.75 Å². The van der Waals surface area contributed by atoms with Gasteiger partial charge in [-0.25, -0.2) is 0 Å². The molecule has 0 saturated carbocycles. The fourth-order valence-electron chi connectivity index (χ4n) is 2.22. The van der Waals surface area contributed by atoms with Gasteiger partial charge in [0.2, 0.25) is 0 Å². The summed E-state index contributed by atoms with van der Waals surface area (Å²) in [7, 11) is 0. The summed E-state index contributed by atoms with van der Waals surface area (Å²) in [6, 6.07) is 10.4. The first-order chi connectivity index (χ1) is 13.8. The Bertz CT molecular complexity index is 954. The Balaban J connectivity index is 2.01. The molecule has 0 bridgehead atoms. The number of nitrogens with zero attached hydrogens (tertiary/aromatic N) is 1. The second-order valence-corrected chi connectivity index (χ2v) is 6.95. The van der Waals surface area contributed by atoms with E-state index in [2.05, 4.69) is 32.1 Å². The van der Waals surface area contributed by atoms with Crippen LogP contribution >= 0.6 is 28.1 Å². The normalized spacial score (nSPS) is 10.0. The third kappa shape index (κ3) is 6.22. The number of halogens is 1. The standard InChI is InChI=1S/C18H17BrN4O5S/c1-2-9-28-15-8-7-11(19)10-13(15)16(24)20-18(29)22-21-17(25)12-5-3-4-6-14(12)23(26)27/h3-8,10H,2,9H2,1H3,(H,21,25)(H2,20,22,24,29). The van der Waals surface area contributed by atoms with Crippen molar-refractivity contribution in [2.45, 2.75) is 13.3 Å². The molecule has 2 aromatic rings. The minimum Gasteiger partial charge on any atom is -0.493 e. The van der Waals surface area contributed by atoms with Crippen LogP contribution in [0.4, 0.5) is 5.69 Å². The first-order valence-corrected chi connectivity index (χ1v) is 9.61. The van der Waals surface area contributed by atoms with Crippen molar-refractivity contribution in [1.29, 1.82) is 0 Å². The van der Waals surface area contributed by atoms with Crippen molar-refractivity contribution < 1.29 is 19.2 Å². The highest BCUT2D eigenvalue weighted by Gasteiger charge is 2.20. The van der Waals surface area contributed by atoms with E-state index in [1.165, 1.54) is 24.3 Å². The molecule has 2 aromatic carbocycles. The second-order valence-electron chi connectivity index (χ2n) is 5.63. The van der Waals surface area contributed by atoms with Crippen LogP contribution in [0.1, 0.15) is 34.1 Å². The number of carbonyl (C=O) groups excluding carboxylic acids is 2. The van der Waals surface area contributed by atoms with Gasteiger partial charge < -0.3 is 4.74 Å². The first kappa shape index (κ1) is 22.2. The smallest absolute Gasteiger partial charge is 0.282 e. The zero-order valence-electron chi connectivity index (χ0n) is 15.2. The lowest BCUT2D eigenvalue weighted by molar-refractivity contribution is -0.385. The van der Waals surface area contributed by atoms with Crippen molar-refractivity contribution in [2.75, 3.05) is 6.61 Å². The topological polar surface area (TPSA) is 123 Å². The Hall–Kier alpha value is -3.05. The number of benzene rings is 2. The third-order valence-electron chi connectivity index (χ3n) is 3.51. The molecule has 2 rings (SSSR count). The number of hydrogen-bond acceptors (Lipinski definition) is 6. The molecule has 0 heterocycles. The monoisotopic (exact) mass is 480 g/mol. The van der Waals surface area contributed by atoms with E-state index in [1.807, 2.05) is 6.92 Å². The van der Waals surface area contributed by atoms with E-state index in [0.717, 1.165) is 6.42 Å². The SMILES string of the molecule is CCCOc1ccc(Br)cc1C(=O)NC(=S)NNC(=O)c1ccccc1[N+](=O)[O-]. The van der Waals surface area contributed by atoms with Crippen LogP contribution in [-0.2, 0) is 0 Å². The van der Waals surface area contributed by atoms with Crippen LogP contribution in [0.15, 0.2) is 46.9 Å². The van der Waals surface area contributed by atoms with Gasteiger partial charge in [0.1, 0.15) is 11.3 Å². The van der Waals surface area contributed by atoms with Gasteiger partial charge in [0.15, 0.2) is 5.11 Å². The van der Waals surface area contributed by atoms with Gasteiger partial charge in [-0.05, 0) is 42.9 Å². The largest absolute Gasteiger partial charge is 0.493 e. The Labute approximate surface area is 180 Å². The molecule has 11 heteroatoms. The van der Waals surface area contributed by atoms with Crippen LogP contribution in [0.5, 0.6) is 5.75 Å². The van der Waals surface area contributed by atoms with Gasteiger partial charge >= 0.3 is 0 Å². The second kappa shape index (κ2) is 10.5. The molecule has 0 fully saturated rings. The van der Waals surface area contributed by atoms with E-state index >= 15 is 0 Å². The molecule has 0 saturated heterocycles. The Morgan fingerprint density at radius 3 is 2.55 bits per heavy atom. The number of carbonyl (C=O) groups is 2. The summed E-state index contributed by atoms with van der Waals surface area (Å²) in [5, 5.41) is 13.2. The average molecular weight is 481 g/mol. The van der Waals surface area contributed by atoms with Crippen molar-refractivity contribution >= 4 is 50.8 Å². The fraction of sp³-hybridized carbons (Fsp3) is 0.167. The summed E-state index contributed by atoms with van der Waals surface area (Å²) in [6.07, 6.45) is 0.773. The molecule has 3 N–H and O–H groups in total. The summed E-state index contributed by atoms with van der Waals surface area (Å²) >= 11 is 8.30. The van der Waals surface area contributed by atoms with Gasteiger partial charge in [-0.1, -0.05) is 35.0 Å². The van der Waals surface area contributed by atoms with Gasteiger partial charge in [-0.2, -0.15) is 0 Å². The Morgan fingerprint density at radius 2 is 1.86 bits per heavy atom. The zero-order chi connectivity index (χ0) is 21.4. The van der Waals surface area contributed by atoms with Crippen LogP contribution < -0.4 is 20.9 Å². The molecule has 152 valence electrons. The first-order valence-electron chi connectivity index (χ1n) is 8.41.